The Kier molecular flexibility index (Phi) is 8.40. The smallest absolute Gasteiger partial charge is 0.335 e. The van der Waals surface area contributed by atoms with Gasteiger partial charge in [0.15, 0.2) is 0 Å². The van der Waals surface area contributed by atoms with E-state index in [0.717, 1.165) is 37.7 Å². The molecule has 156 valence electrons. The summed E-state index contributed by atoms with van der Waals surface area (Å²) in [5.74, 6) is -1.81. The van der Waals surface area contributed by atoms with Crippen LogP contribution >= 0.6 is 0 Å². The molecule has 0 aromatic heterocycles. The first-order valence-corrected chi connectivity index (χ1v) is 10.2. The minimum absolute atomic E-state index is 0.0698. The number of hydrogen-bond acceptors (Lipinski definition) is 3. The molecule has 0 bridgehead atoms. The fourth-order valence-corrected chi connectivity index (χ4v) is 3.76. The molecule has 0 fully saturated rings. The van der Waals surface area contributed by atoms with E-state index in [1.54, 1.807) is 12.1 Å². The average molecular weight is 398 g/mol. The van der Waals surface area contributed by atoms with Crippen LogP contribution in [0.1, 0.15) is 73.4 Å². The molecule has 0 spiro atoms. The van der Waals surface area contributed by atoms with Crippen molar-refractivity contribution in [3.63, 3.8) is 0 Å². The predicted octanol–water partition coefficient (Wildman–Crippen LogP) is 5.07. The largest absolute Gasteiger partial charge is 0.481 e. The maximum Gasteiger partial charge on any atom is 0.335 e. The third-order valence-corrected chi connectivity index (χ3v) is 5.53. The van der Waals surface area contributed by atoms with E-state index in [0.29, 0.717) is 12.0 Å². The number of benzene rings is 2. The average Bonchev–Trinajstić information content (AvgIpc) is 2.72. The fourth-order valence-electron chi connectivity index (χ4n) is 3.76. The number of aromatic carboxylic acids is 1. The Bertz CT molecular complexity index is 785. The van der Waals surface area contributed by atoms with E-state index in [1.165, 1.54) is 12.1 Å². The molecule has 0 radical (unpaired) electrons. The van der Waals surface area contributed by atoms with Crippen LogP contribution in [0.2, 0.25) is 0 Å². The minimum atomic E-state index is -1.21. The van der Waals surface area contributed by atoms with Crippen LogP contribution in [0.4, 0.5) is 0 Å². The van der Waals surface area contributed by atoms with E-state index >= 15 is 0 Å². The van der Waals surface area contributed by atoms with Crippen molar-refractivity contribution in [2.24, 2.45) is 5.92 Å². The topological polar surface area (TPSA) is 94.8 Å². The summed E-state index contributed by atoms with van der Waals surface area (Å²) in [4.78, 5) is 21.7. The first kappa shape index (κ1) is 22.6. The lowest BCUT2D eigenvalue weighted by Crippen LogP contribution is -2.35. The van der Waals surface area contributed by atoms with Crippen molar-refractivity contribution >= 4 is 11.9 Å². The van der Waals surface area contributed by atoms with Crippen LogP contribution in [0, 0.1) is 5.92 Å². The number of aliphatic hydroxyl groups is 1. The zero-order chi connectivity index (χ0) is 21.3. The Morgan fingerprint density at radius 3 is 1.97 bits per heavy atom. The minimum Gasteiger partial charge on any atom is -0.481 e. The van der Waals surface area contributed by atoms with Gasteiger partial charge >= 0.3 is 11.9 Å². The number of hydrogen-bond donors (Lipinski definition) is 3. The van der Waals surface area contributed by atoms with Gasteiger partial charge in [-0.1, -0.05) is 75.1 Å². The van der Waals surface area contributed by atoms with E-state index in [9.17, 15) is 14.7 Å². The van der Waals surface area contributed by atoms with Crippen molar-refractivity contribution in [1.82, 2.24) is 0 Å². The van der Waals surface area contributed by atoms with Crippen LogP contribution in [0.5, 0.6) is 0 Å². The van der Waals surface area contributed by atoms with Gasteiger partial charge in [0, 0.05) is 6.42 Å². The highest BCUT2D eigenvalue weighted by atomic mass is 16.4. The van der Waals surface area contributed by atoms with E-state index in [2.05, 4.69) is 0 Å². The first-order chi connectivity index (χ1) is 13.9. The highest BCUT2D eigenvalue weighted by molar-refractivity contribution is 5.87. The number of unbranched alkanes of at least 4 members (excludes halogenated alkanes) is 4. The molecule has 5 nitrogen and oxygen atoms in total. The van der Waals surface area contributed by atoms with Crippen molar-refractivity contribution in [3.8, 4) is 0 Å². The second-order valence-corrected chi connectivity index (χ2v) is 7.62. The van der Waals surface area contributed by atoms with E-state index in [-0.39, 0.29) is 17.9 Å². The highest BCUT2D eigenvalue weighted by Crippen LogP contribution is 2.39. The Labute approximate surface area is 172 Å². The maximum atomic E-state index is 11.7. The molecule has 2 aromatic carbocycles. The van der Waals surface area contributed by atoms with Gasteiger partial charge in [-0.05, 0) is 42.0 Å². The SMILES string of the molecule is CC(CCCCCCCC(=O)O)C(O)(c1ccccc1)c1ccc(C(=O)O)cc1. The number of rotatable bonds is 12. The Hall–Kier alpha value is -2.66. The molecule has 0 aliphatic heterocycles. The molecule has 3 N–H and O–H groups in total. The monoisotopic (exact) mass is 398 g/mol. The fraction of sp³-hybridized carbons (Fsp3) is 0.417. The molecule has 0 aliphatic rings. The van der Waals surface area contributed by atoms with Gasteiger partial charge in [-0.25, -0.2) is 4.79 Å². The lowest BCUT2D eigenvalue weighted by molar-refractivity contribution is -0.137. The van der Waals surface area contributed by atoms with Crippen molar-refractivity contribution in [1.29, 1.82) is 0 Å². The van der Waals surface area contributed by atoms with Crippen LogP contribution in [-0.4, -0.2) is 27.3 Å². The zero-order valence-corrected chi connectivity index (χ0v) is 16.9. The van der Waals surface area contributed by atoms with E-state index in [1.807, 2.05) is 37.3 Å². The Morgan fingerprint density at radius 2 is 1.38 bits per heavy atom. The molecule has 0 heterocycles. The molecular weight excluding hydrogens is 368 g/mol. The van der Waals surface area contributed by atoms with Gasteiger partial charge in [0.2, 0.25) is 0 Å². The van der Waals surface area contributed by atoms with Crippen LogP contribution in [0.3, 0.4) is 0 Å². The molecule has 5 heteroatoms. The number of carbonyl (C=O) groups is 2. The lowest BCUT2D eigenvalue weighted by Gasteiger charge is -2.35. The molecule has 0 aliphatic carbocycles. The lowest BCUT2D eigenvalue weighted by atomic mass is 9.74. The quantitative estimate of drug-likeness (QED) is 0.434. The molecule has 0 saturated carbocycles. The third-order valence-electron chi connectivity index (χ3n) is 5.53. The Morgan fingerprint density at radius 1 is 0.828 bits per heavy atom. The molecular formula is C24H30O5. The van der Waals surface area contributed by atoms with Crippen LogP contribution in [-0.2, 0) is 10.4 Å². The van der Waals surface area contributed by atoms with Crippen LogP contribution in [0.15, 0.2) is 54.6 Å². The molecule has 2 atom stereocenters. The molecule has 2 unspecified atom stereocenters. The first-order valence-electron chi connectivity index (χ1n) is 10.2. The number of carboxylic acids is 2. The van der Waals surface area contributed by atoms with Gasteiger partial charge in [-0.3, -0.25) is 4.79 Å². The van der Waals surface area contributed by atoms with Crippen molar-refractivity contribution in [2.45, 2.75) is 57.5 Å². The van der Waals surface area contributed by atoms with Gasteiger partial charge in [-0.15, -0.1) is 0 Å². The number of aliphatic carboxylic acids is 1. The van der Waals surface area contributed by atoms with Crippen LogP contribution < -0.4 is 0 Å². The van der Waals surface area contributed by atoms with E-state index < -0.39 is 17.5 Å². The maximum absolute atomic E-state index is 11.7. The predicted molar refractivity (Wildman–Crippen MR) is 112 cm³/mol. The summed E-state index contributed by atoms with van der Waals surface area (Å²) in [6.07, 6.45) is 5.55. The third kappa shape index (κ3) is 6.16. The summed E-state index contributed by atoms with van der Waals surface area (Å²) in [6, 6.07) is 15.9. The van der Waals surface area contributed by atoms with Gasteiger partial charge < -0.3 is 15.3 Å². The molecule has 29 heavy (non-hydrogen) atoms. The summed E-state index contributed by atoms with van der Waals surface area (Å²) < 4.78 is 0. The zero-order valence-electron chi connectivity index (χ0n) is 16.9. The van der Waals surface area contributed by atoms with Crippen molar-refractivity contribution in [2.75, 3.05) is 0 Å². The van der Waals surface area contributed by atoms with Gasteiger partial charge in [-0.2, -0.15) is 0 Å². The molecule has 2 rings (SSSR count). The summed E-state index contributed by atoms with van der Waals surface area (Å²) in [5.41, 5.74) is 0.458. The summed E-state index contributed by atoms with van der Waals surface area (Å²) in [7, 11) is 0. The van der Waals surface area contributed by atoms with Crippen molar-refractivity contribution in [3.05, 3.63) is 71.3 Å². The second kappa shape index (κ2) is 10.8. The molecule has 0 amide bonds. The highest BCUT2D eigenvalue weighted by Gasteiger charge is 2.37. The Balaban J connectivity index is 2.08. The summed E-state index contributed by atoms with van der Waals surface area (Å²) >= 11 is 0. The van der Waals surface area contributed by atoms with Crippen LogP contribution in [0.25, 0.3) is 0 Å². The summed E-state index contributed by atoms with van der Waals surface area (Å²) in [5, 5.41) is 29.6. The summed E-state index contributed by atoms with van der Waals surface area (Å²) in [6.45, 7) is 2.02. The number of carboxylic acid groups (broad SMARTS) is 2. The normalized spacial score (nSPS) is 14.1. The molecule has 0 saturated heterocycles. The van der Waals surface area contributed by atoms with Crippen molar-refractivity contribution < 1.29 is 24.9 Å². The molecule has 2 aromatic rings. The standard InChI is InChI=1S/C24H30O5/c1-18(10-6-3-2-4-9-13-22(25)26)24(29,20-11-7-5-8-12-20)21-16-14-19(15-17-21)23(27)28/h5,7-8,11-12,14-18,29H,2-4,6,9-10,13H2,1H3,(H,25,26)(H,27,28). The van der Waals surface area contributed by atoms with Gasteiger partial charge in [0.1, 0.15) is 5.60 Å². The van der Waals surface area contributed by atoms with Gasteiger partial charge in [0.25, 0.3) is 0 Å². The second-order valence-electron chi connectivity index (χ2n) is 7.62. The van der Waals surface area contributed by atoms with E-state index in [4.69, 9.17) is 10.2 Å². The van der Waals surface area contributed by atoms with Gasteiger partial charge in [0.05, 0.1) is 5.56 Å².